The lowest BCUT2D eigenvalue weighted by atomic mass is 9.96. The number of anilines is 1. The Balaban J connectivity index is 1.60. The fourth-order valence-corrected chi connectivity index (χ4v) is 5.15. The number of hydrogen-bond acceptors (Lipinski definition) is 4. The molecule has 0 spiro atoms. The van der Waals surface area contributed by atoms with Gasteiger partial charge in [-0.15, -0.1) is 11.3 Å². The summed E-state index contributed by atoms with van der Waals surface area (Å²) in [5.41, 5.74) is 1.53. The van der Waals surface area contributed by atoms with E-state index in [1.807, 2.05) is 11.3 Å². The van der Waals surface area contributed by atoms with E-state index in [-0.39, 0.29) is 0 Å². The summed E-state index contributed by atoms with van der Waals surface area (Å²) in [6.07, 6.45) is 9.31. The van der Waals surface area contributed by atoms with Crippen LogP contribution in [0.1, 0.15) is 43.0 Å². The Bertz CT molecular complexity index is 658. The van der Waals surface area contributed by atoms with Crippen LogP contribution in [0, 0.1) is 0 Å². The van der Waals surface area contributed by atoms with E-state index in [1.54, 1.807) is 16.1 Å². The molecule has 118 valence electrons. The fraction of sp³-hybridized carbons (Fsp3) is 0.647. The van der Waals surface area contributed by atoms with Crippen LogP contribution in [0.2, 0.25) is 0 Å². The average Bonchev–Trinajstić information content (AvgIpc) is 2.95. The second kappa shape index (κ2) is 6.13. The van der Waals surface area contributed by atoms with E-state index in [1.165, 1.54) is 73.9 Å². The molecule has 1 saturated heterocycles. The van der Waals surface area contributed by atoms with Crippen LogP contribution >= 0.6 is 11.3 Å². The van der Waals surface area contributed by atoms with Crippen molar-refractivity contribution in [3.63, 3.8) is 0 Å². The van der Waals surface area contributed by atoms with Gasteiger partial charge < -0.3 is 10.2 Å². The minimum atomic E-state index is 0.576. The van der Waals surface area contributed by atoms with Crippen LogP contribution < -0.4 is 10.2 Å². The van der Waals surface area contributed by atoms with Gasteiger partial charge in [0, 0.05) is 23.8 Å². The zero-order valence-corrected chi connectivity index (χ0v) is 14.1. The molecule has 1 aliphatic carbocycles. The van der Waals surface area contributed by atoms with Gasteiger partial charge in [0.15, 0.2) is 0 Å². The van der Waals surface area contributed by atoms with Gasteiger partial charge in [0.1, 0.15) is 17.0 Å². The van der Waals surface area contributed by atoms with Crippen LogP contribution in [-0.4, -0.2) is 35.6 Å². The van der Waals surface area contributed by atoms with Crippen LogP contribution in [0.3, 0.4) is 0 Å². The Labute approximate surface area is 136 Å². The van der Waals surface area contributed by atoms with Crippen molar-refractivity contribution in [1.82, 2.24) is 9.97 Å². The molecule has 1 aliphatic heterocycles. The summed E-state index contributed by atoms with van der Waals surface area (Å²) < 4.78 is 0. The van der Waals surface area contributed by atoms with E-state index in [2.05, 4.69) is 22.2 Å². The smallest absolute Gasteiger partial charge is 0.138 e. The third kappa shape index (κ3) is 2.61. The van der Waals surface area contributed by atoms with Crippen molar-refractivity contribution in [3.05, 3.63) is 16.8 Å². The first-order valence-electron chi connectivity index (χ1n) is 8.70. The predicted molar refractivity (Wildman–Crippen MR) is 91.9 cm³/mol. The van der Waals surface area contributed by atoms with Gasteiger partial charge >= 0.3 is 0 Å². The van der Waals surface area contributed by atoms with Crippen molar-refractivity contribution in [2.75, 3.05) is 25.0 Å². The maximum absolute atomic E-state index is 4.60. The average molecular weight is 317 g/mol. The monoisotopic (exact) mass is 317 g/mol. The molecule has 0 atom stereocenters. The number of nitrogens with one attached hydrogen (secondary N) is 2. The molecule has 4 nitrogen and oxygen atoms in total. The first kappa shape index (κ1) is 14.4. The van der Waals surface area contributed by atoms with Crippen molar-refractivity contribution < 1.29 is 4.90 Å². The summed E-state index contributed by atoms with van der Waals surface area (Å²) in [7, 11) is 0. The van der Waals surface area contributed by atoms with E-state index in [9.17, 15) is 0 Å². The van der Waals surface area contributed by atoms with Crippen molar-refractivity contribution in [2.45, 2.75) is 51.5 Å². The Morgan fingerprint density at radius 1 is 1.23 bits per heavy atom. The number of thiophene rings is 1. The summed E-state index contributed by atoms with van der Waals surface area (Å²) in [6, 6.07) is 0.576. The normalized spacial score (nSPS) is 25.1. The first-order valence-corrected chi connectivity index (χ1v) is 9.52. The fourth-order valence-electron chi connectivity index (χ4n) is 3.92. The highest BCUT2D eigenvalue weighted by Gasteiger charge is 2.24. The van der Waals surface area contributed by atoms with Gasteiger partial charge in [-0.2, -0.15) is 0 Å². The summed E-state index contributed by atoms with van der Waals surface area (Å²) >= 11 is 1.88. The molecule has 2 aromatic rings. The molecule has 4 rings (SSSR count). The molecule has 2 aliphatic rings. The predicted octanol–water partition coefficient (Wildman–Crippen LogP) is 2.05. The minimum absolute atomic E-state index is 0.576. The van der Waals surface area contributed by atoms with Gasteiger partial charge in [-0.05, 0) is 38.2 Å². The highest BCUT2D eigenvalue weighted by Crippen LogP contribution is 2.38. The maximum atomic E-state index is 4.60. The molecule has 0 aromatic carbocycles. The molecular formula is C17H25N4S+. The second-order valence-electron chi connectivity index (χ2n) is 6.64. The van der Waals surface area contributed by atoms with Gasteiger partial charge in [-0.25, -0.2) is 9.97 Å². The van der Waals surface area contributed by atoms with E-state index in [0.29, 0.717) is 6.04 Å². The molecule has 0 radical (unpaired) electrons. The third-order valence-corrected chi connectivity index (χ3v) is 6.48. The summed E-state index contributed by atoms with van der Waals surface area (Å²) in [6.45, 7) is 6.10. The minimum Gasteiger partial charge on any atom is -0.366 e. The van der Waals surface area contributed by atoms with Gasteiger partial charge in [0.2, 0.25) is 0 Å². The van der Waals surface area contributed by atoms with Gasteiger partial charge in [-0.1, -0.05) is 0 Å². The highest BCUT2D eigenvalue weighted by atomic mass is 32.1. The van der Waals surface area contributed by atoms with E-state index < -0.39 is 0 Å². The number of aryl methyl sites for hydroxylation is 2. The lowest BCUT2D eigenvalue weighted by Gasteiger charge is -2.29. The number of quaternary nitrogens is 1. The molecule has 22 heavy (non-hydrogen) atoms. The van der Waals surface area contributed by atoms with Crippen LogP contribution in [0.5, 0.6) is 0 Å². The van der Waals surface area contributed by atoms with E-state index in [4.69, 9.17) is 0 Å². The Hall–Kier alpha value is -1.20. The van der Waals surface area contributed by atoms with Crippen molar-refractivity contribution in [3.8, 4) is 0 Å². The number of aromatic nitrogens is 2. The van der Waals surface area contributed by atoms with Crippen molar-refractivity contribution >= 4 is 27.4 Å². The first-order chi connectivity index (χ1) is 10.8. The Kier molecular flexibility index (Phi) is 4.01. The van der Waals surface area contributed by atoms with Crippen LogP contribution in [-0.2, 0) is 12.8 Å². The highest BCUT2D eigenvalue weighted by molar-refractivity contribution is 7.19. The number of piperidine rings is 1. The number of rotatable bonds is 3. The Morgan fingerprint density at radius 2 is 2.05 bits per heavy atom. The zero-order chi connectivity index (χ0) is 14.9. The van der Waals surface area contributed by atoms with Crippen LogP contribution in [0.4, 0.5) is 5.82 Å². The molecule has 5 heteroatoms. The molecule has 2 N–H and O–H groups in total. The number of fused-ring (bicyclic) bond motifs is 3. The lowest BCUT2D eigenvalue weighted by molar-refractivity contribution is -0.903. The topological polar surface area (TPSA) is 42.2 Å². The SMILES string of the molecule is CC[NH+]1CCC(Nc2ncnc3sc4c(c23)CCCC4)CC1. The second-order valence-corrected chi connectivity index (χ2v) is 7.72. The molecule has 0 saturated carbocycles. The Morgan fingerprint density at radius 3 is 2.86 bits per heavy atom. The van der Waals surface area contributed by atoms with Crippen LogP contribution in [0.15, 0.2) is 6.33 Å². The van der Waals surface area contributed by atoms with Gasteiger partial charge in [0.05, 0.1) is 25.0 Å². The maximum Gasteiger partial charge on any atom is 0.138 e. The van der Waals surface area contributed by atoms with Gasteiger partial charge in [0.25, 0.3) is 0 Å². The summed E-state index contributed by atoms with van der Waals surface area (Å²) in [4.78, 5) is 13.6. The van der Waals surface area contributed by atoms with Gasteiger partial charge in [-0.3, -0.25) is 0 Å². The molecule has 0 bridgehead atoms. The van der Waals surface area contributed by atoms with E-state index in [0.717, 1.165) is 5.82 Å². The van der Waals surface area contributed by atoms with Crippen LogP contribution in [0.25, 0.3) is 10.2 Å². The largest absolute Gasteiger partial charge is 0.366 e. The zero-order valence-electron chi connectivity index (χ0n) is 13.3. The molecular weight excluding hydrogens is 292 g/mol. The quantitative estimate of drug-likeness (QED) is 0.910. The van der Waals surface area contributed by atoms with E-state index >= 15 is 0 Å². The molecule has 1 fully saturated rings. The number of likely N-dealkylation sites (tertiary alicyclic amines) is 1. The third-order valence-electron chi connectivity index (χ3n) is 5.28. The molecule has 0 amide bonds. The molecule has 3 heterocycles. The molecule has 0 unspecified atom stereocenters. The lowest BCUT2D eigenvalue weighted by Crippen LogP contribution is -3.13. The number of nitrogens with zero attached hydrogens (tertiary/aromatic N) is 2. The van der Waals surface area contributed by atoms with Crippen molar-refractivity contribution in [1.29, 1.82) is 0 Å². The molecule has 2 aromatic heterocycles. The standard InChI is InChI=1S/C17H24N4S/c1-2-21-9-7-12(8-10-21)20-16-15-13-5-3-4-6-14(13)22-17(15)19-11-18-16/h11-12H,2-10H2,1H3,(H,18,19,20)/p+1. The summed E-state index contributed by atoms with van der Waals surface area (Å²) in [5, 5.41) is 5.07. The van der Waals surface area contributed by atoms with Crippen molar-refractivity contribution in [2.24, 2.45) is 0 Å². The number of hydrogen-bond donors (Lipinski definition) is 2. The summed E-state index contributed by atoms with van der Waals surface area (Å²) in [5.74, 6) is 1.09.